The van der Waals surface area contributed by atoms with E-state index < -0.39 is 0 Å². The van der Waals surface area contributed by atoms with Gasteiger partial charge in [0.15, 0.2) is 0 Å². The minimum absolute atomic E-state index is 0.328. The molecule has 0 unspecified atom stereocenters. The molecular formula is C21H25N3O. The van der Waals surface area contributed by atoms with Crippen molar-refractivity contribution in [3.63, 3.8) is 0 Å². The number of aromatic hydroxyl groups is 1. The first-order chi connectivity index (χ1) is 12.2. The van der Waals surface area contributed by atoms with E-state index in [4.69, 9.17) is 0 Å². The third-order valence-corrected chi connectivity index (χ3v) is 3.99. The van der Waals surface area contributed by atoms with Gasteiger partial charge in [0.1, 0.15) is 5.75 Å². The van der Waals surface area contributed by atoms with E-state index >= 15 is 0 Å². The monoisotopic (exact) mass is 335 g/mol. The van der Waals surface area contributed by atoms with Crippen LogP contribution in [0.2, 0.25) is 0 Å². The topological polar surface area (TPSA) is 48.7 Å². The highest BCUT2D eigenvalue weighted by Gasteiger charge is 2.10. The number of hydrogen-bond acceptors (Lipinski definition) is 4. The molecule has 0 aliphatic rings. The number of aromatic nitrogens is 1. The molecule has 1 aromatic heterocycles. The smallest absolute Gasteiger partial charge is 0.120 e. The number of benzene rings is 1. The SMILES string of the molecule is C=C/C=C(/CCN(CCc1ccccn1)Cc1ccccc1O)N=C. The number of para-hydroxylation sites is 1. The second-order valence-electron chi connectivity index (χ2n) is 5.78. The van der Waals surface area contributed by atoms with Crippen LogP contribution in [0, 0.1) is 0 Å². The van der Waals surface area contributed by atoms with Crippen LogP contribution < -0.4 is 0 Å². The second kappa shape index (κ2) is 10.2. The van der Waals surface area contributed by atoms with E-state index in [1.165, 1.54) is 0 Å². The average molecular weight is 335 g/mol. The van der Waals surface area contributed by atoms with Crippen LogP contribution >= 0.6 is 0 Å². The minimum atomic E-state index is 0.328. The van der Waals surface area contributed by atoms with Crippen molar-refractivity contribution >= 4 is 6.72 Å². The van der Waals surface area contributed by atoms with Gasteiger partial charge >= 0.3 is 0 Å². The summed E-state index contributed by atoms with van der Waals surface area (Å²) in [7, 11) is 0. The fourth-order valence-corrected chi connectivity index (χ4v) is 2.60. The number of pyridine rings is 1. The molecule has 0 bridgehead atoms. The predicted molar refractivity (Wildman–Crippen MR) is 104 cm³/mol. The van der Waals surface area contributed by atoms with Crippen molar-refractivity contribution in [2.75, 3.05) is 13.1 Å². The molecule has 0 spiro atoms. The van der Waals surface area contributed by atoms with Crippen LogP contribution in [0.1, 0.15) is 17.7 Å². The average Bonchev–Trinajstić information content (AvgIpc) is 2.65. The number of rotatable bonds is 10. The zero-order valence-corrected chi connectivity index (χ0v) is 14.5. The van der Waals surface area contributed by atoms with Gasteiger partial charge in [-0.25, -0.2) is 0 Å². The molecule has 0 fully saturated rings. The lowest BCUT2D eigenvalue weighted by Crippen LogP contribution is -2.27. The summed E-state index contributed by atoms with van der Waals surface area (Å²) in [6, 6.07) is 13.4. The van der Waals surface area contributed by atoms with Crippen LogP contribution in [-0.2, 0) is 13.0 Å². The quantitative estimate of drug-likeness (QED) is 0.527. The highest BCUT2D eigenvalue weighted by atomic mass is 16.3. The number of phenolic OH excluding ortho intramolecular Hbond substituents is 1. The molecular weight excluding hydrogens is 310 g/mol. The van der Waals surface area contributed by atoms with Crippen molar-refractivity contribution in [1.82, 2.24) is 9.88 Å². The third-order valence-electron chi connectivity index (χ3n) is 3.99. The van der Waals surface area contributed by atoms with Gasteiger partial charge in [0.25, 0.3) is 0 Å². The molecule has 1 heterocycles. The van der Waals surface area contributed by atoms with E-state index in [1.54, 1.807) is 12.1 Å². The second-order valence-corrected chi connectivity index (χ2v) is 5.78. The molecule has 130 valence electrons. The first kappa shape index (κ1) is 18.6. The van der Waals surface area contributed by atoms with Crippen molar-refractivity contribution in [1.29, 1.82) is 0 Å². The number of phenols is 1. The number of aliphatic imine (C=N–C) groups is 1. The lowest BCUT2D eigenvalue weighted by molar-refractivity contribution is 0.267. The van der Waals surface area contributed by atoms with Gasteiger partial charge in [-0.3, -0.25) is 14.9 Å². The molecule has 2 rings (SSSR count). The minimum Gasteiger partial charge on any atom is -0.508 e. The van der Waals surface area contributed by atoms with Crippen molar-refractivity contribution in [3.8, 4) is 5.75 Å². The van der Waals surface area contributed by atoms with E-state index in [-0.39, 0.29) is 0 Å². The van der Waals surface area contributed by atoms with Gasteiger partial charge in [-0.2, -0.15) is 0 Å². The van der Waals surface area contributed by atoms with Crippen molar-refractivity contribution < 1.29 is 5.11 Å². The van der Waals surface area contributed by atoms with Gasteiger partial charge in [-0.1, -0.05) is 36.9 Å². The summed E-state index contributed by atoms with van der Waals surface area (Å²) in [6.45, 7) is 9.68. The van der Waals surface area contributed by atoms with Crippen molar-refractivity contribution in [2.24, 2.45) is 4.99 Å². The van der Waals surface area contributed by atoms with Crippen LogP contribution in [-0.4, -0.2) is 34.8 Å². The van der Waals surface area contributed by atoms with Gasteiger partial charge in [0, 0.05) is 55.6 Å². The Morgan fingerprint density at radius 1 is 1.16 bits per heavy atom. The van der Waals surface area contributed by atoms with E-state index in [2.05, 4.69) is 28.2 Å². The largest absolute Gasteiger partial charge is 0.508 e. The number of allylic oxidation sites excluding steroid dienone is 2. The van der Waals surface area contributed by atoms with Gasteiger partial charge in [-0.15, -0.1) is 0 Å². The molecule has 0 aliphatic heterocycles. The highest BCUT2D eigenvalue weighted by Crippen LogP contribution is 2.18. The van der Waals surface area contributed by atoms with Crippen molar-refractivity contribution in [2.45, 2.75) is 19.4 Å². The summed E-state index contributed by atoms with van der Waals surface area (Å²) in [5.41, 5.74) is 2.90. The molecule has 1 aromatic carbocycles. The molecule has 0 saturated heterocycles. The maximum atomic E-state index is 10.1. The molecule has 0 atom stereocenters. The van der Waals surface area contributed by atoms with E-state index in [9.17, 15) is 5.11 Å². The maximum absolute atomic E-state index is 10.1. The summed E-state index contributed by atoms with van der Waals surface area (Å²) in [5.74, 6) is 0.328. The normalized spacial score (nSPS) is 11.5. The molecule has 2 aromatic rings. The Morgan fingerprint density at radius 3 is 2.64 bits per heavy atom. The first-order valence-electron chi connectivity index (χ1n) is 8.40. The van der Waals surface area contributed by atoms with Gasteiger partial charge in [0.2, 0.25) is 0 Å². The van der Waals surface area contributed by atoms with Crippen molar-refractivity contribution in [3.05, 3.63) is 84.3 Å². The number of nitrogens with zero attached hydrogens (tertiary/aromatic N) is 3. The Morgan fingerprint density at radius 2 is 1.96 bits per heavy atom. The molecule has 25 heavy (non-hydrogen) atoms. The van der Waals surface area contributed by atoms with E-state index in [0.29, 0.717) is 12.3 Å². The molecule has 0 amide bonds. The van der Waals surface area contributed by atoms with E-state index in [0.717, 1.165) is 42.9 Å². The van der Waals surface area contributed by atoms with Crippen LogP contribution in [0.15, 0.2) is 78.1 Å². The lowest BCUT2D eigenvalue weighted by Gasteiger charge is -2.23. The Kier molecular flexibility index (Phi) is 7.60. The molecule has 4 heteroatoms. The summed E-state index contributed by atoms with van der Waals surface area (Å²) >= 11 is 0. The fraction of sp³-hybridized carbons (Fsp3) is 0.238. The molecule has 0 saturated carbocycles. The number of hydrogen-bond donors (Lipinski definition) is 1. The predicted octanol–water partition coefficient (Wildman–Crippen LogP) is 3.99. The Labute approximate surface area is 149 Å². The van der Waals surface area contributed by atoms with Gasteiger partial charge in [-0.05, 0) is 31.0 Å². The fourth-order valence-electron chi connectivity index (χ4n) is 2.60. The molecule has 0 aliphatic carbocycles. The lowest BCUT2D eigenvalue weighted by atomic mass is 10.1. The summed E-state index contributed by atoms with van der Waals surface area (Å²) < 4.78 is 0. The zero-order valence-electron chi connectivity index (χ0n) is 14.5. The Hall–Kier alpha value is -2.72. The van der Waals surface area contributed by atoms with Gasteiger partial charge < -0.3 is 5.11 Å². The van der Waals surface area contributed by atoms with Crippen LogP contribution in [0.3, 0.4) is 0 Å². The first-order valence-corrected chi connectivity index (χ1v) is 8.40. The molecule has 4 nitrogen and oxygen atoms in total. The van der Waals surface area contributed by atoms with Crippen LogP contribution in [0.5, 0.6) is 5.75 Å². The van der Waals surface area contributed by atoms with E-state index in [1.807, 2.05) is 48.7 Å². The Balaban J connectivity index is 2.04. The van der Waals surface area contributed by atoms with Crippen LogP contribution in [0.4, 0.5) is 0 Å². The maximum Gasteiger partial charge on any atom is 0.120 e. The zero-order chi connectivity index (χ0) is 17.9. The summed E-state index contributed by atoms with van der Waals surface area (Å²) in [4.78, 5) is 10.7. The standard InChI is InChI=1S/C21H25N3O/c1-3-8-19(22-2)12-15-24(16-13-20-10-6-7-14-23-20)17-18-9-4-5-11-21(18)25/h3-11,14,25H,1-2,12-13,15-17H2/b19-8-. The molecule has 1 N–H and O–H groups in total. The Bertz CT molecular complexity index is 710. The van der Waals surface area contributed by atoms with Gasteiger partial charge in [0.05, 0.1) is 0 Å². The van der Waals surface area contributed by atoms with Crippen LogP contribution in [0.25, 0.3) is 0 Å². The summed E-state index contributed by atoms with van der Waals surface area (Å²) in [6.07, 6.45) is 7.06. The third kappa shape index (κ3) is 6.36. The summed E-state index contributed by atoms with van der Waals surface area (Å²) in [5, 5.41) is 10.1. The molecule has 0 radical (unpaired) electrons. The highest BCUT2D eigenvalue weighted by molar-refractivity contribution is 5.32.